The molecule has 0 aromatic rings. The molecule has 3 heterocycles. The highest BCUT2D eigenvalue weighted by molar-refractivity contribution is 7.66. The predicted octanol–water partition coefficient (Wildman–Crippen LogP) is 0.136. The van der Waals surface area contributed by atoms with Crippen molar-refractivity contribution in [1.29, 1.82) is 0 Å². The third-order valence-electron chi connectivity index (χ3n) is 4.87. The molecule has 3 rings (SSSR count). The Kier molecular flexibility index (Phi) is 7.88. The maximum atomic E-state index is 14.3. The van der Waals surface area contributed by atoms with Crippen LogP contribution in [0.3, 0.4) is 0 Å². The SMILES string of the molecule is Cc1[nH]c2nc(=O)c([C@@H]3O[C@H](COP(=O)(O)OP(=O)(O)OP(=O)(O)O)[C@H](O)C3O)cc-2c(C)c1F. The topological polar surface area (TPSA) is 255 Å². The number of aliphatic hydroxyl groups excluding tert-OH is 2. The summed E-state index contributed by atoms with van der Waals surface area (Å²) in [6, 6.07) is 1.20. The second-order valence-corrected chi connectivity index (χ2v) is 11.9. The lowest BCUT2D eigenvalue weighted by molar-refractivity contribution is -0.0226. The second-order valence-electron chi connectivity index (χ2n) is 7.43. The highest BCUT2D eigenvalue weighted by Gasteiger charge is 2.47. The largest absolute Gasteiger partial charge is 0.490 e. The Balaban J connectivity index is 1.79. The number of aliphatic hydroxyl groups is 2. The third kappa shape index (κ3) is 6.48. The van der Waals surface area contributed by atoms with E-state index in [2.05, 4.69) is 23.1 Å². The average Bonchev–Trinajstić information content (AvgIpc) is 2.96. The van der Waals surface area contributed by atoms with Crippen LogP contribution in [0.25, 0.3) is 11.4 Å². The Morgan fingerprint density at radius 1 is 1.09 bits per heavy atom. The average molecular weight is 564 g/mol. The lowest BCUT2D eigenvalue weighted by atomic mass is 9.98. The molecule has 0 amide bonds. The van der Waals surface area contributed by atoms with Gasteiger partial charge in [-0.3, -0.25) is 9.32 Å². The molecule has 0 spiro atoms. The van der Waals surface area contributed by atoms with Crippen molar-refractivity contribution >= 4 is 23.5 Å². The minimum atomic E-state index is -5.76. The van der Waals surface area contributed by atoms with Crippen LogP contribution in [0.1, 0.15) is 22.9 Å². The monoisotopic (exact) mass is 564 g/mol. The molecule has 1 saturated heterocycles. The molecule has 20 heteroatoms. The molecule has 7 N–H and O–H groups in total. The van der Waals surface area contributed by atoms with E-state index in [1.54, 1.807) is 0 Å². The molecule has 3 aliphatic heterocycles. The number of fused-ring (bicyclic) bond motifs is 1. The molecule has 0 aromatic carbocycles. The van der Waals surface area contributed by atoms with Gasteiger partial charge in [-0.1, -0.05) is 0 Å². The van der Waals surface area contributed by atoms with Gasteiger partial charge in [-0.2, -0.15) is 13.6 Å². The van der Waals surface area contributed by atoms with E-state index in [1.807, 2.05) is 0 Å². The van der Waals surface area contributed by atoms with Crippen LogP contribution in [0, 0.1) is 19.7 Å². The molecular weight excluding hydrogens is 544 g/mol. The van der Waals surface area contributed by atoms with Crippen LogP contribution in [0.15, 0.2) is 10.9 Å². The second kappa shape index (κ2) is 9.80. The molecule has 0 saturated carbocycles. The zero-order valence-electron chi connectivity index (χ0n) is 17.7. The van der Waals surface area contributed by atoms with Crippen molar-refractivity contribution in [3.05, 3.63) is 39.1 Å². The third-order valence-corrected chi connectivity index (χ3v) is 8.67. The lowest BCUT2D eigenvalue weighted by Crippen LogP contribution is -2.33. The van der Waals surface area contributed by atoms with Gasteiger partial charge in [-0.25, -0.2) is 18.1 Å². The summed E-state index contributed by atoms with van der Waals surface area (Å²) in [6.07, 6.45) is -6.73. The number of hydrogen-bond donors (Lipinski definition) is 7. The van der Waals surface area contributed by atoms with Crippen molar-refractivity contribution in [2.45, 2.75) is 38.3 Å². The van der Waals surface area contributed by atoms with E-state index < -0.39 is 65.9 Å². The number of halogens is 1. The van der Waals surface area contributed by atoms with Crippen LogP contribution >= 0.6 is 23.5 Å². The molecule has 3 aliphatic rings. The van der Waals surface area contributed by atoms with Crippen molar-refractivity contribution in [2.24, 2.45) is 0 Å². The van der Waals surface area contributed by atoms with Gasteiger partial charge in [-0.15, -0.1) is 0 Å². The molecule has 1 fully saturated rings. The molecule has 3 unspecified atom stereocenters. The molecular formula is C15H20FN2O14P3. The fourth-order valence-corrected chi connectivity index (χ4v) is 6.37. The maximum Gasteiger partial charge on any atom is 0.490 e. The van der Waals surface area contributed by atoms with Crippen LogP contribution < -0.4 is 5.56 Å². The summed E-state index contributed by atoms with van der Waals surface area (Å²) in [5.74, 6) is -0.530. The number of aromatic amines is 1. The van der Waals surface area contributed by atoms with E-state index in [-0.39, 0.29) is 28.2 Å². The molecule has 0 aliphatic carbocycles. The molecule has 35 heavy (non-hydrogen) atoms. The first kappa shape index (κ1) is 28.2. The first-order valence-electron chi connectivity index (χ1n) is 9.40. The van der Waals surface area contributed by atoms with Crippen LogP contribution in [-0.4, -0.2) is 64.7 Å². The Labute approximate surface area is 195 Å². The van der Waals surface area contributed by atoms with Gasteiger partial charge in [0.25, 0.3) is 5.56 Å². The van der Waals surface area contributed by atoms with Gasteiger partial charge in [0.15, 0.2) is 0 Å². The number of phosphoric ester groups is 1. The van der Waals surface area contributed by atoms with E-state index in [1.165, 1.54) is 19.9 Å². The first-order chi connectivity index (χ1) is 15.9. The number of hydrogen-bond acceptors (Lipinski definition) is 11. The summed E-state index contributed by atoms with van der Waals surface area (Å²) in [6.45, 7) is 1.80. The van der Waals surface area contributed by atoms with E-state index in [4.69, 9.17) is 19.4 Å². The smallest absolute Gasteiger partial charge is 0.387 e. The van der Waals surface area contributed by atoms with Crippen molar-refractivity contribution < 1.29 is 65.8 Å². The van der Waals surface area contributed by atoms with Crippen LogP contribution in [0.5, 0.6) is 0 Å². The minimum Gasteiger partial charge on any atom is -0.387 e. The van der Waals surface area contributed by atoms with Gasteiger partial charge < -0.3 is 39.5 Å². The molecule has 0 bridgehead atoms. The van der Waals surface area contributed by atoms with Crippen molar-refractivity contribution in [3.8, 4) is 11.4 Å². The van der Waals surface area contributed by atoms with E-state index in [0.717, 1.165) is 0 Å². The zero-order chi connectivity index (χ0) is 26.5. The summed E-state index contributed by atoms with van der Waals surface area (Å²) in [7, 11) is -16.9. The fraction of sp³-hybridized carbons (Fsp3) is 0.467. The first-order valence-corrected chi connectivity index (χ1v) is 13.9. The summed E-state index contributed by atoms with van der Waals surface area (Å²) < 4.78 is 65.0. The van der Waals surface area contributed by atoms with E-state index in [9.17, 15) is 38.0 Å². The Morgan fingerprint density at radius 2 is 1.71 bits per heavy atom. The van der Waals surface area contributed by atoms with Gasteiger partial charge >= 0.3 is 23.5 Å². The van der Waals surface area contributed by atoms with Gasteiger partial charge in [0, 0.05) is 11.3 Å². The normalized spacial score (nSPS) is 26.5. The van der Waals surface area contributed by atoms with Crippen molar-refractivity contribution in [3.63, 3.8) is 0 Å². The number of aryl methyl sites for hydroxylation is 1. The number of H-pyrrole nitrogens is 1. The van der Waals surface area contributed by atoms with Crippen molar-refractivity contribution in [2.75, 3.05) is 6.61 Å². The highest BCUT2D eigenvalue weighted by atomic mass is 31.3. The number of rotatable bonds is 8. The maximum absolute atomic E-state index is 14.3. The van der Waals surface area contributed by atoms with Gasteiger partial charge in [0.2, 0.25) is 0 Å². The van der Waals surface area contributed by atoms with Crippen LogP contribution in [0.2, 0.25) is 0 Å². The van der Waals surface area contributed by atoms with E-state index >= 15 is 0 Å². The lowest BCUT2D eigenvalue weighted by Gasteiger charge is -2.19. The summed E-state index contributed by atoms with van der Waals surface area (Å²) in [5.41, 5.74) is -0.700. The highest BCUT2D eigenvalue weighted by Crippen LogP contribution is 2.66. The van der Waals surface area contributed by atoms with Gasteiger partial charge in [-0.05, 0) is 25.5 Å². The summed E-state index contributed by atoms with van der Waals surface area (Å²) >= 11 is 0. The number of phosphoric acid groups is 3. The standard InChI is InChI=1S/C15H20FN2O14P3/c1-5-7-3-8(15(21)18-14(7)17-6(2)10(5)16)13-12(20)11(19)9(30-13)4-29-34(25,26)32-35(27,28)31-33(22,23)24/h3,9,11-13,19-20H,4H2,1-2H3,(H,25,26)(H,27,28)(H,17,18,21)(H2,22,23,24)/t9-,11+,12?,13+/m1/s1. The summed E-state index contributed by atoms with van der Waals surface area (Å²) in [5, 5.41) is 20.6. The fourth-order valence-electron chi connectivity index (χ4n) is 3.34. The molecule has 0 radical (unpaired) electrons. The number of nitrogens with zero attached hydrogens (tertiary/aromatic N) is 1. The molecule has 16 nitrogen and oxygen atoms in total. The molecule has 0 aromatic heterocycles. The number of nitrogens with one attached hydrogen (secondary N) is 1. The number of aromatic nitrogens is 2. The quantitative estimate of drug-likeness (QED) is 0.210. The van der Waals surface area contributed by atoms with E-state index in [0.29, 0.717) is 0 Å². The summed E-state index contributed by atoms with van der Waals surface area (Å²) in [4.78, 5) is 54.6. The van der Waals surface area contributed by atoms with Crippen LogP contribution in [-0.2, 0) is 31.6 Å². The van der Waals surface area contributed by atoms with Crippen molar-refractivity contribution in [1.82, 2.24) is 9.97 Å². The Morgan fingerprint density at radius 3 is 2.31 bits per heavy atom. The zero-order valence-corrected chi connectivity index (χ0v) is 20.4. The number of ether oxygens (including phenoxy) is 1. The van der Waals surface area contributed by atoms with Gasteiger partial charge in [0.1, 0.15) is 36.1 Å². The minimum absolute atomic E-state index is 0.0624. The predicted molar refractivity (Wildman–Crippen MR) is 110 cm³/mol. The number of pyridine rings is 2. The Bertz CT molecular complexity index is 1300. The molecule has 196 valence electrons. The van der Waals surface area contributed by atoms with Gasteiger partial charge in [0.05, 0.1) is 12.2 Å². The molecule has 6 atom stereocenters. The van der Waals surface area contributed by atoms with Crippen LogP contribution in [0.4, 0.5) is 4.39 Å². The Hall–Kier alpha value is -1.42.